The number of aryl methyl sites for hydroxylation is 2. The summed E-state index contributed by atoms with van der Waals surface area (Å²) < 4.78 is 0. The number of fused-ring (bicyclic) bond motifs is 1. The van der Waals surface area contributed by atoms with Crippen LogP contribution in [0.1, 0.15) is 37.8 Å². The van der Waals surface area contributed by atoms with Crippen molar-refractivity contribution in [3.8, 4) is 0 Å². The number of nitrogens with two attached hydrogens (primary N) is 1. The van der Waals surface area contributed by atoms with Gasteiger partial charge in [0.1, 0.15) is 0 Å². The second kappa shape index (κ2) is 5.31. The average molecular weight is 246 g/mol. The molecule has 0 aromatic heterocycles. The molecule has 1 aliphatic carbocycles. The molecule has 2 N–H and O–H groups in total. The maximum absolute atomic E-state index is 5.68. The maximum Gasteiger partial charge on any atom is 0.0366 e. The first-order chi connectivity index (χ1) is 8.52. The minimum Gasteiger partial charge on any atom is -0.374 e. The molecule has 18 heavy (non-hydrogen) atoms. The summed E-state index contributed by atoms with van der Waals surface area (Å²) in [5.74, 6) is 0. The van der Waals surface area contributed by atoms with Crippen molar-refractivity contribution in [3.63, 3.8) is 0 Å². The predicted molar refractivity (Wildman–Crippen MR) is 79.2 cm³/mol. The second-order valence-electron chi connectivity index (χ2n) is 6.37. The lowest BCUT2D eigenvalue weighted by molar-refractivity contribution is 0.347. The molecule has 0 spiro atoms. The topological polar surface area (TPSA) is 29.3 Å². The number of rotatable bonds is 5. The Bertz CT molecular complexity index is 410. The fourth-order valence-electron chi connectivity index (χ4n) is 3.00. The van der Waals surface area contributed by atoms with Gasteiger partial charge in [0.2, 0.25) is 0 Å². The van der Waals surface area contributed by atoms with Gasteiger partial charge in [-0.15, -0.1) is 0 Å². The molecule has 0 heterocycles. The van der Waals surface area contributed by atoms with E-state index < -0.39 is 0 Å². The van der Waals surface area contributed by atoms with Crippen LogP contribution >= 0.6 is 0 Å². The van der Waals surface area contributed by atoms with Crippen LogP contribution in [0.25, 0.3) is 0 Å². The Morgan fingerprint density at radius 1 is 1.22 bits per heavy atom. The molecule has 0 fully saturated rings. The zero-order valence-corrected chi connectivity index (χ0v) is 12.0. The normalized spacial score (nSPS) is 14.7. The molecule has 1 aliphatic rings. The molecule has 2 nitrogen and oxygen atoms in total. The first-order valence-electron chi connectivity index (χ1n) is 7.05. The van der Waals surface area contributed by atoms with Gasteiger partial charge in [-0.3, -0.25) is 0 Å². The van der Waals surface area contributed by atoms with Gasteiger partial charge in [0.25, 0.3) is 0 Å². The summed E-state index contributed by atoms with van der Waals surface area (Å²) in [4.78, 5) is 2.37. The highest BCUT2D eigenvalue weighted by atomic mass is 15.1. The van der Waals surface area contributed by atoms with Gasteiger partial charge < -0.3 is 10.6 Å². The van der Waals surface area contributed by atoms with E-state index in [1.165, 1.54) is 24.9 Å². The fourth-order valence-corrected chi connectivity index (χ4v) is 3.00. The van der Waals surface area contributed by atoms with Gasteiger partial charge >= 0.3 is 0 Å². The summed E-state index contributed by atoms with van der Waals surface area (Å²) in [6, 6.07) is 6.95. The second-order valence-corrected chi connectivity index (χ2v) is 6.37. The van der Waals surface area contributed by atoms with Crippen molar-refractivity contribution in [2.24, 2.45) is 11.1 Å². The lowest BCUT2D eigenvalue weighted by Crippen LogP contribution is -2.33. The summed E-state index contributed by atoms with van der Waals surface area (Å²) in [5.41, 5.74) is 10.4. The van der Waals surface area contributed by atoms with E-state index in [1.807, 2.05) is 0 Å². The summed E-state index contributed by atoms with van der Waals surface area (Å²) in [6.07, 6.45) is 4.91. The van der Waals surface area contributed by atoms with Crippen molar-refractivity contribution in [1.82, 2.24) is 0 Å². The number of hydrogen-bond acceptors (Lipinski definition) is 2. The molecule has 1 aromatic carbocycles. The summed E-state index contributed by atoms with van der Waals surface area (Å²) in [5, 5.41) is 0. The molecule has 0 saturated heterocycles. The van der Waals surface area contributed by atoms with Crippen LogP contribution in [0.3, 0.4) is 0 Å². The monoisotopic (exact) mass is 246 g/mol. The summed E-state index contributed by atoms with van der Waals surface area (Å²) in [7, 11) is 2.19. The molecule has 0 aliphatic heterocycles. The van der Waals surface area contributed by atoms with Gasteiger partial charge in [-0.2, -0.15) is 0 Å². The maximum atomic E-state index is 5.68. The molecular formula is C16H26N2. The van der Waals surface area contributed by atoms with E-state index in [-0.39, 0.29) is 5.41 Å². The molecule has 0 unspecified atom stereocenters. The molecule has 2 heteroatoms. The number of hydrogen-bond donors (Lipinski definition) is 1. The Hall–Kier alpha value is -1.02. The Balaban J connectivity index is 2.07. The largest absolute Gasteiger partial charge is 0.374 e. The SMILES string of the molecule is CN(CC(C)(C)CCN)c1ccc2c(c1)CCC2. The standard InChI is InChI=1S/C16H26N2/c1-16(2,9-10-17)12-18(3)15-8-7-13-5-4-6-14(13)11-15/h7-8,11H,4-6,9-10,12,17H2,1-3H3. The Labute approximate surface area is 111 Å². The van der Waals surface area contributed by atoms with E-state index in [9.17, 15) is 0 Å². The summed E-state index contributed by atoms with van der Waals surface area (Å²) >= 11 is 0. The Morgan fingerprint density at radius 2 is 1.94 bits per heavy atom. The van der Waals surface area contributed by atoms with E-state index in [0.717, 1.165) is 19.5 Å². The molecular weight excluding hydrogens is 220 g/mol. The highest BCUT2D eigenvalue weighted by Crippen LogP contribution is 2.28. The van der Waals surface area contributed by atoms with Crippen LogP contribution in [-0.2, 0) is 12.8 Å². The van der Waals surface area contributed by atoms with Crippen LogP contribution in [0.15, 0.2) is 18.2 Å². The van der Waals surface area contributed by atoms with Crippen LogP contribution in [0.5, 0.6) is 0 Å². The van der Waals surface area contributed by atoms with Crippen molar-refractivity contribution in [3.05, 3.63) is 29.3 Å². The van der Waals surface area contributed by atoms with Gasteiger partial charge in [-0.1, -0.05) is 19.9 Å². The van der Waals surface area contributed by atoms with Crippen molar-refractivity contribution >= 4 is 5.69 Å². The fraction of sp³-hybridized carbons (Fsp3) is 0.625. The number of benzene rings is 1. The number of nitrogens with zero attached hydrogens (tertiary/aromatic N) is 1. The number of anilines is 1. The zero-order valence-electron chi connectivity index (χ0n) is 12.0. The third-order valence-electron chi connectivity index (χ3n) is 4.01. The van der Waals surface area contributed by atoms with E-state index >= 15 is 0 Å². The Morgan fingerprint density at radius 3 is 2.67 bits per heavy atom. The van der Waals surface area contributed by atoms with Gasteiger partial charge in [0, 0.05) is 19.3 Å². The molecule has 0 bridgehead atoms. The predicted octanol–water partition coefficient (Wildman–Crippen LogP) is 2.99. The van der Waals surface area contributed by atoms with E-state index in [0.29, 0.717) is 0 Å². The molecule has 0 atom stereocenters. The highest BCUT2D eigenvalue weighted by Gasteiger charge is 2.20. The van der Waals surface area contributed by atoms with Gasteiger partial charge in [0.15, 0.2) is 0 Å². The van der Waals surface area contributed by atoms with Crippen molar-refractivity contribution in [2.75, 3.05) is 25.0 Å². The van der Waals surface area contributed by atoms with Gasteiger partial charge in [-0.25, -0.2) is 0 Å². The van der Waals surface area contributed by atoms with Crippen LogP contribution in [0.2, 0.25) is 0 Å². The van der Waals surface area contributed by atoms with Crippen LogP contribution in [0.4, 0.5) is 5.69 Å². The minimum absolute atomic E-state index is 0.280. The molecule has 0 saturated carbocycles. The third kappa shape index (κ3) is 3.05. The lowest BCUT2D eigenvalue weighted by Gasteiger charge is -2.31. The first kappa shape index (κ1) is 13.4. The molecule has 100 valence electrons. The summed E-state index contributed by atoms with van der Waals surface area (Å²) in [6.45, 7) is 6.42. The smallest absolute Gasteiger partial charge is 0.0366 e. The van der Waals surface area contributed by atoms with Crippen molar-refractivity contribution < 1.29 is 0 Å². The molecule has 1 aromatic rings. The van der Waals surface area contributed by atoms with Crippen LogP contribution < -0.4 is 10.6 Å². The van der Waals surface area contributed by atoms with E-state index in [1.54, 1.807) is 11.1 Å². The van der Waals surface area contributed by atoms with Crippen molar-refractivity contribution in [2.45, 2.75) is 39.5 Å². The first-order valence-corrected chi connectivity index (χ1v) is 7.05. The zero-order chi connectivity index (χ0) is 13.2. The third-order valence-corrected chi connectivity index (χ3v) is 4.01. The van der Waals surface area contributed by atoms with E-state index in [4.69, 9.17) is 5.73 Å². The van der Waals surface area contributed by atoms with Gasteiger partial charge in [0.05, 0.1) is 0 Å². The van der Waals surface area contributed by atoms with Gasteiger partial charge in [-0.05, 0) is 60.9 Å². The Kier molecular flexibility index (Phi) is 3.96. The van der Waals surface area contributed by atoms with Crippen molar-refractivity contribution in [1.29, 1.82) is 0 Å². The quantitative estimate of drug-likeness (QED) is 0.865. The highest BCUT2D eigenvalue weighted by molar-refractivity contribution is 5.51. The van der Waals surface area contributed by atoms with Crippen LogP contribution in [0, 0.1) is 5.41 Å². The lowest BCUT2D eigenvalue weighted by atomic mass is 9.88. The molecule has 0 radical (unpaired) electrons. The minimum atomic E-state index is 0.280. The molecule has 0 amide bonds. The van der Waals surface area contributed by atoms with Crippen LogP contribution in [-0.4, -0.2) is 20.1 Å². The molecule has 2 rings (SSSR count). The van der Waals surface area contributed by atoms with E-state index in [2.05, 4.69) is 44.0 Å². The average Bonchev–Trinajstić information content (AvgIpc) is 2.74.